The molecule has 0 unspecified atom stereocenters. The minimum absolute atomic E-state index is 0.172. The molecule has 1 aliphatic carbocycles. The Morgan fingerprint density at radius 1 is 1.45 bits per heavy atom. The number of anilines is 1. The van der Waals surface area contributed by atoms with E-state index in [1.807, 2.05) is 0 Å². The van der Waals surface area contributed by atoms with Gasteiger partial charge in [-0.1, -0.05) is 6.92 Å². The first-order chi connectivity index (χ1) is 9.60. The van der Waals surface area contributed by atoms with Gasteiger partial charge in [-0.25, -0.2) is 4.98 Å². The summed E-state index contributed by atoms with van der Waals surface area (Å²) < 4.78 is 4.66. The van der Waals surface area contributed by atoms with Crippen LogP contribution in [0.4, 0.5) is 5.13 Å². The van der Waals surface area contributed by atoms with Crippen molar-refractivity contribution < 1.29 is 9.53 Å². The molecule has 112 valence electrons. The van der Waals surface area contributed by atoms with E-state index in [4.69, 9.17) is 0 Å². The minimum atomic E-state index is -0.172. The van der Waals surface area contributed by atoms with E-state index in [0.717, 1.165) is 16.7 Å². The van der Waals surface area contributed by atoms with Crippen LogP contribution in [0.1, 0.15) is 44.7 Å². The van der Waals surface area contributed by atoms with Gasteiger partial charge in [-0.2, -0.15) is 0 Å². The van der Waals surface area contributed by atoms with E-state index in [9.17, 15) is 4.79 Å². The van der Waals surface area contributed by atoms with Crippen molar-refractivity contribution in [2.75, 3.05) is 19.1 Å². The summed E-state index contributed by atoms with van der Waals surface area (Å²) >= 11 is 1.67. The highest BCUT2D eigenvalue weighted by Gasteiger charge is 2.23. The zero-order valence-corrected chi connectivity index (χ0v) is 13.4. The molecule has 5 heteroatoms. The van der Waals surface area contributed by atoms with E-state index in [1.54, 1.807) is 11.3 Å². The highest BCUT2D eigenvalue weighted by molar-refractivity contribution is 7.13. The minimum Gasteiger partial charge on any atom is -0.469 e. The lowest BCUT2D eigenvalue weighted by atomic mass is 9.87. The first-order valence-corrected chi connectivity index (χ1v) is 8.22. The summed E-state index contributed by atoms with van der Waals surface area (Å²) in [6, 6.07) is 0.616. The summed E-state index contributed by atoms with van der Waals surface area (Å²) in [6.45, 7) is 2.34. The molecule has 0 spiro atoms. The second kappa shape index (κ2) is 7.07. The van der Waals surface area contributed by atoms with E-state index in [2.05, 4.69) is 34.0 Å². The molecule has 1 aliphatic rings. The summed E-state index contributed by atoms with van der Waals surface area (Å²) in [6.07, 6.45) is 6.22. The molecule has 1 aromatic heterocycles. The maximum absolute atomic E-state index is 11.1. The number of carbonyl (C=O) groups excluding carboxylic acids is 1. The Bertz CT molecular complexity index is 439. The zero-order valence-electron chi connectivity index (χ0n) is 12.6. The Labute approximate surface area is 125 Å². The van der Waals surface area contributed by atoms with Crippen LogP contribution < -0.4 is 4.90 Å². The number of aryl methyl sites for hydroxylation is 1. The average Bonchev–Trinajstić information content (AvgIpc) is 2.93. The van der Waals surface area contributed by atoms with Crippen LogP contribution in [0.2, 0.25) is 0 Å². The van der Waals surface area contributed by atoms with Crippen LogP contribution in [0.5, 0.6) is 0 Å². The smallest absolute Gasteiger partial charge is 0.305 e. The maximum Gasteiger partial charge on any atom is 0.305 e. The molecule has 1 heterocycles. The van der Waals surface area contributed by atoms with E-state index < -0.39 is 0 Å². The van der Waals surface area contributed by atoms with Crippen LogP contribution in [0.25, 0.3) is 0 Å². The Kier molecular flexibility index (Phi) is 5.40. The summed E-state index contributed by atoms with van der Waals surface area (Å²) in [4.78, 5) is 18.1. The van der Waals surface area contributed by atoms with Crippen molar-refractivity contribution in [2.45, 2.75) is 51.5 Å². The van der Waals surface area contributed by atoms with E-state index >= 15 is 0 Å². The molecule has 0 radical (unpaired) electrons. The SMILES string of the molecule is COC(=O)CCc1csc(N(C)C2CCC(C)CC2)n1. The van der Waals surface area contributed by atoms with Crippen molar-refractivity contribution in [3.05, 3.63) is 11.1 Å². The fourth-order valence-electron chi connectivity index (χ4n) is 2.69. The number of rotatable bonds is 5. The predicted octanol–water partition coefficient (Wildman–Crippen LogP) is 3.26. The van der Waals surface area contributed by atoms with Crippen LogP contribution in [0.15, 0.2) is 5.38 Å². The van der Waals surface area contributed by atoms with Crippen LogP contribution in [0.3, 0.4) is 0 Å². The molecule has 1 aromatic rings. The number of methoxy groups -OCH3 is 1. The highest BCUT2D eigenvalue weighted by Crippen LogP contribution is 2.30. The molecule has 0 amide bonds. The molecule has 0 saturated heterocycles. The molecule has 20 heavy (non-hydrogen) atoms. The lowest BCUT2D eigenvalue weighted by Gasteiger charge is -2.33. The van der Waals surface area contributed by atoms with E-state index in [0.29, 0.717) is 18.9 Å². The third-order valence-corrected chi connectivity index (χ3v) is 5.17. The number of carbonyl (C=O) groups is 1. The number of nitrogens with zero attached hydrogens (tertiary/aromatic N) is 2. The maximum atomic E-state index is 11.1. The quantitative estimate of drug-likeness (QED) is 0.782. The molecule has 0 N–H and O–H groups in total. The number of hydrogen-bond donors (Lipinski definition) is 0. The second-order valence-corrected chi connectivity index (χ2v) is 6.56. The largest absolute Gasteiger partial charge is 0.469 e. The van der Waals surface area contributed by atoms with E-state index in [-0.39, 0.29) is 5.97 Å². The van der Waals surface area contributed by atoms with Crippen molar-refractivity contribution in [3.8, 4) is 0 Å². The summed E-state index contributed by atoms with van der Waals surface area (Å²) in [5, 5.41) is 3.13. The predicted molar refractivity (Wildman–Crippen MR) is 82.3 cm³/mol. The van der Waals surface area contributed by atoms with Gasteiger partial charge in [0.05, 0.1) is 19.2 Å². The Balaban J connectivity index is 1.89. The Morgan fingerprint density at radius 3 is 2.80 bits per heavy atom. The van der Waals surface area contributed by atoms with Crippen molar-refractivity contribution in [1.82, 2.24) is 4.98 Å². The summed E-state index contributed by atoms with van der Waals surface area (Å²) in [5.74, 6) is 0.695. The fraction of sp³-hybridized carbons (Fsp3) is 0.733. The van der Waals surface area contributed by atoms with Gasteiger partial charge in [-0.3, -0.25) is 4.79 Å². The fourth-order valence-corrected chi connectivity index (χ4v) is 3.59. The van der Waals surface area contributed by atoms with Crippen LogP contribution in [0, 0.1) is 5.92 Å². The van der Waals surface area contributed by atoms with Gasteiger partial charge < -0.3 is 9.64 Å². The van der Waals surface area contributed by atoms with Gasteiger partial charge in [0.2, 0.25) is 0 Å². The number of aromatic nitrogens is 1. The van der Waals surface area contributed by atoms with Gasteiger partial charge in [-0.15, -0.1) is 11.3 Å². The first kappa shape index (κ1) is 15.3. The third kappa shape index (κ3) is 3.95. The number of ether oxygens (including phenoxy) is 1. The van der Waals surface area contributed by atoms with Crippen molar-refractivity contribution >= 4 is 22.4 Å². The molecule has 1 saturated carbocycles. The molecule has 0 aromatic carbocycles. The topological polar surface area (TPSA) is 42.4 Å². The van der Waals surface area contributed by atoms with Gasteiger partial charge in [0.25, 0.3) is 0 Å². The van der Waals surface area contributed by atoms with Crippen molar-refractivity contribution in [1.29, 1.82) is 0 Å². The molecular formula is C15H24N2O2S. The number of hydrogen-bond acceptors (Lipinski definition) is 5. The zero-order chi connectivity index (χ0) is 14.5. The molecule has 0 aliphatic heterocycles. The second-order valence-electron chi connectivity index (χ2n) is 5.72. The van der Waals surface area contributed by atoms with Gasteiger partial charge in [0, 0.05) is 24.9 Å². The number of esters is 1. The van der Waals surface area contributed by atoms with E-state index in [1.165, 1.54) is 32.8 Å². The Morgan fingerprint density at radius 2 is 2.15 bits per heavy atom. The van der Waals surface area contributed by atoms with Gasteiger partial charge in [-0.05, 0) is 31.6 Å². The average molecular weight is 296 g/mol. The molecule has 2 rings (SSSR count). The lowest BCUT2D eigenvalue weighted by molar-refractivity contribution is -0.140. The highest BCUT2D eigenvalue weighted by atomic mass is 32.1. The standard InChI is InChI=1S/C15H24N2O2S/c1-11-4-7-13(8-5-11)17(2)15-16-12(10-20-15)6-9-14(18)19-3/h10-11,13H,4-9H2,1-3H3. The Hall–Kier alpha value is -1.10. The van der Waals surface area contributed by atoms with Gasteiger partial charge >= 0.3 is 5.97 Å². The summed E-state index contributed by atoms with van der Waals surface area (Å²) in [7, 11) is 3.57. The van der Waals surface area contributed by atoms with Crippen LogP contribution in [-0.2, 0) is 16.0 Å². The molecule has 1 fully saturated rings. The van der Waals surface area contributed by atoms with Crippen LogP contribution in [-0.4, -0.2) is 31.2 Å². The van der Waals surface area contributed by atoms with Crippen molar-refractivity contribution in [2.24, 2.45) is 5.92 Å². The monoisotopic (exact) mass is 296 g/mol. The normalized spacial score (nSPS) is 22.6. The van der Waals surface area contributed by atoms with Crippen molar-refractivity contribution in [3.63, 3.8) is 0 Å². The third-order valence-electron chi connectivity index (χ3n) is 4.19. The number of thiazole rings is 1. The molecule has 0 atom stereocenters. The molecular weight excluding hydrogens is 272 g/mol. The molecule has 0 bridgehead atoms. The van der Waals surface area contributed by atoms with Gasteiger partial charge in [0.1, 0.15) is 0 Å². The van der Waals surface area contributed by atoms with Crippen LogP contribution >= 0.6 is 11.3 Å². The molecule has 4 nitrogen and oxygen atoms in total. The summed E-state index contributed by atoms with van der Waals surface area (Å²) in [5.41, 5.74) is 0.992. The lowest BCUT2D eigenvalue weighted by Crippen LogP contribution is -2.34. The van der Waals surface area contributed by atoms with Gasteiger partial charge in [0.15, 0.2) is 5.13 Å². The first-order valence-electron chi connectivity index (χ1n) is 7.34.